The fourth-order valence-electron chi connectivity index (χ4n) is 1.39. The molecule has 2 rings (SSSR count). The van der Waals surface area contributed by atoms with Crippen molar-refractivity contribution in [3.05, 3.63) is 51.4 Å². The second-order valence-corrected chi connectivity index (χ2v) is 4.38. The summed E-state index contributed by atoms with van der Waals surface area (Å²) in [5.41, 5.74) is 0.921. The van der Waals surface area contributed by atoms with Crippen LogP contribution in [-0.4, -0.2) is 11.3 Å². The van der Waals surface area contributed by atoms with Crippen LogP contribution in [-0.2, 0) is 4.79 Å². The highest BCUT2D eigenvalue weighted by Crippen LogP contribution is 2.32. The zero-order valence-corrected chi connectivity index (χ0v) is 9.33. The van der Waals surface area contributed by atoms with Gasteiger partial charge >= 0.3 is 0 Å². The topological polar surface area (TPSA) is 30.0 Å². The van der Waals surface area contributed by atoms with E-state index in [4.69, 9.17) is 11.6 Å². The van der Waals surface area contributed by atoms with Crippen LogP contribution in [0.4, 0.5) is 0 Å². The van der Waals surface area contributed by atoms with Crippen LogP contribution in [0.1, 0.15) is 16.4 Å². The monoisotopic (exact) mass is 237 g/mol. The highest BCUT2D eigenvalue weighted by molar-refractivity contribution is 7.10. The molecule has 2 heterocycles. The molecular weight excluding hydrogens is 230 g/mol. The Hall–Kier alpha value is -1.19. The lowest BCUT2D eigenvalue weighted by Crippen LogP contribution is -2.00. The summed E-state index contributed by atoms with van der Waals surface area (Å²) in [6, 6.07) is 5.46. The lowest BCUT2D eigenvalue weighted by molar-refractivity contribution is -0.108. The summed E-state index contributed by atoms with van der Waals surface area (Å²) < 4.78 is 0. The molecule has 0 saturated carbocycles. The number of carbonyl (C=O) groups is 1. The second-order valence-electron chi connectivity index (χ2n) is 3.03. The molecule has 0 spiro atoms. The van der Waals surface area contributed by atoms with Gasteiger partial charge in [-0.05, 0) is 29.1 Å². The molecule has 0 radical (unpaired) electrons. The van der Waals surface area contributed by atoms with Crippen LogP contribution in [0.15, 0.2) is 36.0 Å². The van der Waals surface area contributed by atoms with E-state index in [0.717, 1.165) is 16.7 Å². The van der Waals surface area contributed by atoms with Gasteiger partial charge in [-0.25, -0.2) is 0 Å². The fourth-order valence-corrected chi connectivity index (χ4v) is 2.65. The Morgan fingerprint density at radius 2 is 2.07 bits per heavy atom. The molecule has 15 heavy (non-hydrogen) atoms. The predicted octanol–water partition coefficient (Wildman–Crippen LogP) is 3.13. The van der Waals surface area contributed by atoms with Crippen molar-refractivity contribution in [3.8, 4) is 0 Å². The Morgan fingerprint density at radius 3 is 2.60 bits per heavy atom. The van der Waals surface area contributed by atoms with Gasteiger partial charge in [-0.3, -0.25) is 4.98 Å². The summed E-state index contributed by atoms with van der Waals surface area (Å²) in [5.74, 6) is -0.277. The lowest BCUT2D eigenvalue weighted by atomic mass is 10.0. The smallest absolute Gasteiger partial charge is 0.132 e. The molecule has 0 N–H and O–H groups in total. The van der Waals surface area contributed by atoms with Gasteiger partial charge in [-0.1, -0.05) is 11.6 Å². The van der Waals surface area contributed by atoms with Gasteiger partial charge in [0.25, 0.3) is 0 Å². The molecule has 0 fully saturated rings. The van der Waals surface area contributed by atoms with Crippen molar-refractivity contribution in [2.24, 2.45) is 0 Å². The van der Waals surface area contributed by atoms with E-state index in [2.05, 4.69) is 4.98 Å². The maximum absolute atomic E-state index is 11.1. The first-order valence-electron chi connectivity index (χ1n) is 4.41. The molecule has 0 amide bonds. The van der Waals surface area contributed by atoms with Crippen LogP contribution in [0.5, 0.6) is 0 Å². The van der Waals surface area contributed by atoms with Gasteiger partial charge < -0.3 is 4.79 Å². The number of rotatable bonds is 3. The Balaban J connectivity index is 2.42. The van der Waals surface area contributed by atoms with Gasteiger partial charge in [0, 0.05) is 17.3 Å². The van der Waals surface area contributed by atoms with Gasteiger partial charge in [0.05, 0.1) is 10.9 Å². The van der Waals surface area contributed by atoms with Gasteiger partial charge in [0.1, 0.15) is 6.29 Å². The van der Waals surface area contributed by atoms with Crippen LogP contribution >= 0.6 is 22.9 Å². The van der Waals surface area contributed by atoms with Crippen LogP contribution in [0, 0.1) is 0 Å². The number of halogens is 1. The lowest BCUT2D eigenvalue weighted by Gasteiger charge is -2.08. The van der Waals surface area contributed by atoms with Crippen LogP contribution in [0.2, 0.25) is 5.02 Å². The maximum Gasteiger partial charge on any atom is 0.132 e. The Labute approximate surface area is 96.5 Å². The highest BCUT2D eigenvalue weighted by atomic mass is 35.5. The number of hydrogen-bond donors (Lipinski definition) is 0. The molecule has 1 unspecified atom stereocenters. The third-order valence-electron chi connectivity index (χ3n) is 2.13. The minimum atomic E-state index is -0.277. The summed E-state index contributed by atoms with van der Waals surface area (Å²) >= 11 is 7.49. The summed E-state index contributed by atoms with van der Waals surface area (Å²) in [6.45, 7) is 0. The number of aromatic nitrogens is 1. The van der Waals surface area contributed by atoms with E-state index >= 15 is 0 Å². The summed E-state index contributed by atoms with van der Waals surface area (Å²) in [7, 11) is 0. The van der Waals surface area contributed by atoms with Gasteiger partial charge in [-0.15, -0.1) is 11.3 Å². The Morgan fingerprint density at radius 1 is 1.33 bits per heavy atom. The molecule has 0 aromatic carbocycles. The number of thiophene rings is 1. The minimum Gasteiger partial charge on any atom is -0.302 e. The van der Waals surface area contributed by atoms with E-state index < -0.39 is 0 Å². The van der Waals surface area contributed by atoms with E-state index in [1.54, 1.807) is 18.5 Å². The average molecular weight is 238 g/mol. The molecule has 1 atom stereocenters. The standard InChI is InChI=1S/C11H8ClNOS/c12-10-3-6-15-11(10)9(7-14)8-1-4-13-5-2-8/h1-7,9H. The van der Waals surface area contributed by atoms with Crippen molar-refractivity contribution in [2.75, 3.05) is 0 Å². The van der Waals surface area contributed by atoms with Crippen LogP contribution in [0.25, 0.3) is 0 Å². The number of pyridine rings is 1. The SMILES string of the molecule is O=CC(c1ccncc1)c1sccc1Cl. The molecule has 0 aliphatic heterocycles. The largest absolute Gasteiger partial charge is 0.302 e. The predicted molar refractivity (Wildman–Crippen MR) is 61.5 cm³/mol. The van der Waals surface area contributed by atoms with E-state index in [-0.39, 0.29) is 5.92 Å². The minimum absolute atomic E-state index is 0.277. The highest BCUT2D eigenvalue weighted by Gasteiger charge is 2.17. The van der Waals surface area contributed by atoms with Crippen molar-refractivity contribution < 1.29 is 4.79 Å². The van der Waals surface area contributed by atoms with E-state index in [1.165, 1.54) is 11.3 Å². The summed E-state index contributed by atoms with van der Waals surface area (Å²) in [4.78, 5) is 15.9. The van der Waals surface area contributed by atoms with Crippen LogP contribution in [0.3, 0.4) is 0 Å². The molecule has 0 saturated heterocycles. The number of aldehydes is 1. The first-order valence-corrected chi connectivity index (χ1v) is 5.67. The molecule has 2 nitrogen and oxygen atoms in total. The van der Waals surface area contributed by atoms with E-state index in [1.807, 2.05) is 17.5 Å². The van der Waals surface area contributed by atoms with Crippen molar-refractivity contribution in [2.45, 2.75) is 5.92 Å². The first-order chi connectivity index (χ1) is 7.33. The second kappa shape index (κ2) is 4.55. The van der Waals surface area contributed by atoms with Crippen molar-refractivity contribution in [3.63, 3.8) is 0 Å². The molecule has 4 heteroatoms. The third kappa shape index (κ3) is 2.08. The molecular formula is C11H8ClNOS. The van der Waals surface area contributed by atoms with Crippen molar-refractivity contribution in [1.82, 2.24) is 4.98 Å². The Kier molecular flexibility index (Phi) is 3.14. The summed E-state index contributed by atoms with van der Waals surface area (Å²) in [6.07, 6.45) is 4.26. The van der Waals surface area contributed by atoms with Gasteiger partial charge in [0.2, 0.25) is 0 Å². The van der Waals surface area contributed by atoms with Crippen LogP contribution < -0.4 is 0 Å². The van der Waals surface area contributed by atoms with Gasteiger partial charge in [-0.2, -0.15) is 0 Å². The molecule has 0 aliphatic rings. The third-order valence-corrected chi connectivity index (χ3v) is 3.57. The number of carbonyl (C=O) groups excluding carboxylic acids is 1. The summed E-state index contributed by atoms with van der Waals surface area (Å²) in [5, 5.41) is 2.53. The van der Waals surface area contributed by atoms with Gasteiger partial charge in [0.15, 0.2) is 0 Å². The normalized spacial score (nSPS) is 12.3. The quantitative estimate of drug-likeness (QED) is 0.768. The molecule has 2 aromatic rings. The van der Waals surface area contributed by atoms with Crippen molar-refractivity contribution >= 4 is 29.2 Å². The number of hydrogen-bond acceptors (Lipinski definition) is 3. The molecule has 76 valence electrons. The first kappa shape index (κ1) is 10.3. The fraction of sp³-hybridized carbons (Fsp3) is 0.0909. The zero-order valence-electron chi connectivity index (χ0n) is 7.76. The maximum atomic E-state index is 11.1. The Bertz CT molecular complexity index is 455. The molecule has 0 bridgehead atoms. The van der Waals surface area contributed by atoms with E-state index in [0.29, 0.717) is 5.02 Å². The molecule has 0 aliphatic carbocycles. The van der Waals surface area contributed by atoms with E-state index in [9.17, 15) is 4.79 Å². The zero-order chi connectivity index (χ0) is 10.7. The number of nitrogens with zero attached hydrogens (tertiary/aromatic N) is 1. The van der Waals surface area contributed by atoms with Crippen molar-refractivity contribution in [1.29, 1.82) is 0 Å². The average Bonchev–Trinajstić information content (AvgIpc) is 2.68. The molecule has 2 aromatic heterocycles.